The van der Waals surface area contributed by atoms with Crippen LogP contribution in [0.4, 0.5) is 0 Å². The Bertz CT molecular complexity index is 311. The van der Waals surface area contributed by atoms with Gasteiger partial charge in [-0.3, -0.25) is 9.59 Å². The Hall–Kier alpha value is -1.06. The van der Waals surface area contributed by atoms with E-state index in [4.69, 9.17) is 0 Å². The van der Waals surface area contributed by atoms with Crippen LogP contribution < -0.4 is 5.32 Å². The molecule has 1 heterocycles. The summed E-state index contributed by atoms with van der Waals surface area (Å²) in [5.74, 6) is 0.972. The van der Waals surface area contributed by atoms with Gasteiger partial charge in [0.25, 0.3) is 0 Å². The number of rotatable bonds is 3. The van der Waals surface area contributed by atoms with Gasteiger partial charge in [-0.15, -0.1) is 0 Å². The van der Waals surface area contributed by atoms with Crippen LogP contribution >= 0.6 is 0 Å². The second-order valence-corrected chi connectivity index (χ2v) is 5.90. The van der Waals surface area contributed by atoms with Crippen LogP contribution in [0.2, 0.25) is 0 Å². The number of carbonyl (C=O) groups is 2. The second kappa shape index (κ2) is 5.07. The third kappa shape index (κ3) is 3.45. The Morgan fingerprint density at radius 3 is 2.41 bits per heavy atom. The zero-order valence-electron chi connectivity index (χ0n) is 11.5. The molecule has 1 aliphatic rings. The summed E-state index contributed by atoms with van der Waals surface area (Å²) < 4.78 is 0. The van der Waals surface area contributed by atoms with Crippen LogP contribution in [0, 0.1) is 11.8 Å². The van der Waals surface area contributed by atoms with E-state index < -0.39 is 5.54 Å². The SMILES string of the molecule is CC(C)C(C)CN1CCC(=O)NC(C)(C)C1=O. The Morgan fingerprint density at radius 2 is 1.88 bits per heavy atom. The molecule has 98 valence electrons. The van der Waals surface area contributed by atoms with Crippen LogP contribution in [-0.2, 0) is 9.59 Å². The molecule has 1 saturated heterocycles. The summed E-state index contributed by atoms with van der Waals surface area (Å²) in [6, 6.07) is 0. The molecule has 0 radical (unpaired) electrons. The highest BCUT2D eigenvalue weighted by atomic mass is 16.2. The molecule has 4 heteroatoms. The Labute approximate surface area is 104 Å². The van der Waals surface area contributed by atoms with Crippen LogP contribution in [0.15, 0.2) is 0 Å². The molecule has 0 bridgehead atoms. The first-order chi connectivity index (χ1) is 7.74. The van der Waals surface area contributed by atoms with E-state index in [9.17, 15) is 9.59 Å². The molecule has 1 fully saturated rings. The molecular formula is C13H24N2O2. The smallest absolute Gasteiger partial charge is 0.247 e. The van der Waals surface area contributed by atoms with Crippen molar-refractivity contribution < 1.29 is 9.59 Å². The first-order valence-electron chi connectivity index (χ1n) is 6.34. The van der Waals surface area contributed by atoms with Crippen LogP contribution in [0.25, 0.3) is 0 Å². The minimum absolute atomic E-state index is 0.0239. The lowest BCUT2D eigenvalue weighted by Crippen LogP contribution is -2.53. The van der Waals surface area contributed by atoms with Gasteiger partial charge in [-0.25, -0.2) is 0 Å². The highest BCUT2D eigenvalue weighted by molar-refractivity contribution is 5.92. The molecule has 1 unspecified atom stereocenters. The summed E-state index contributed by atoms with van der Waals surface area (Å²) in [7, 11) is 0. The molecule has 0 aliphatic carbocycles. The van der Waals surface area contributed by atoms with Crippen molar-refractivity contribution in [2.45, 2.75) is 46.6 Å². The van der Waals surface area contributed by atoms with Crippen molar-refractivity contribution in [3.05, 3.63) is 0 Å². The lowest BCUT2D eigenvalue weighted by Gasteiger charge is -2.31. The van der Waals surface area contributed by atoms with E-state index in [0.29, 0.717) is 24.8 Å². The second-order valence-electron chi connectivity index (χ2n) is 5.90. The van der Waals surface area contributed by atoms with E-state index in [1.807, 2.05) is 4.90 Å². The summed E-state index contributed by atoms with van der Waals surface area (Å²) in [5.41, 5.74) is -0.774. The van der Waals surface area contributed by atoms with Crippen LogP contribution in [0.5, 0.6) is 0 Å². The van der Waals surface area contributed by atoms with E-state index in [1.54, 1.807) is 13.8 Å². The summed E-state index contributed by atoms with van der Waals surface area (Å²) in [4.78, 5) is 25.6. The lowest BCUT2D eigenvalue weighted by atomic mass is 9.96. The van der Waals surface area contributed by atoms with Crippen molar-refractivity contribution in [2.24, 2.45) is 11.8 Å². The van der Waals surface area contributed by atoms with Gasteiger partial charge < -0.3 is 10.2 Å². The number of hydrogen-bond donors (Lipinski definition) is 1. The van der Waals surface area contributed by atoms with Gasteiger partial charge in [-0.05, 0) is 25.7 Å². The number of carbonyl (C=O) groups excluding carboxylic acids is 2. The molecule has 0 saturated carbocycles. The molecule has 1 atom stereocenters. The fraction of sp³-hybridized carbons (Fsp3) is 0.846. The van der Waals surface area contributed by atoms with Crippen molar-refractivity contribution in [1.29, 1.82) is 0 Å². The topological polar surface area (TPSA) is 49.4 Å². The van der Waals surface area contributed by atoms with Crippen LogP contribution in [-0.4, -0.2) is 35.3 Å². The van der Waals surface area contributed by atoms with Gasteiger partial charge in [0.1, 0.15) is 5.54 Å². The summed E-state index contributed by atoms with van der Waals surface area (Å²) in [6.07, 6.45) is 0.403. The first-order valence-corrected chi connectivity index (χ1v) is 6.34. The minimum Gasteiger partial charge on any atom is -0.342 e. The van der Waals surface area contributed by atoms with Gasteiger partial charge in [0.05, 0.1) is 0 Å². The standard InChI is InChI=1S/C13H24N2O2/c1-9(2)10(3)8-15-7-6-11(16)14-13(4,5)12(15)17/h9-10H,6-8H2,1-5H3,(H,14,16). The third-order valence-electron chi connectivity index (χ3n) is 3.53. The van der Waals surface area contributed by atoms with Gasteiger partial charge in [0.2, 0.25) is 11.8 Å². The van der Waals surface area contributed by atoms with Crippen LogP contribution in [0.3, 0.4) is 0 Å². The normalized spacial score (nSPS) is 22.4. The maximum atomic E-state index is 12.3. The molecule has 2 amide bonds. The van der Waals surface area contributed by atoms with E-state index in [1.165, 1.54) is 0 Å². The van der Waals surface area contributed by atoms with Crippen molar-refractivity contribution in [3.8, 4) is 0 Å². The molecule has 0 aromatic rings. The third-order valence-corrected chi connectivity index (χ3v) is 3.53. The van der Waals surface area contributed by atoms with Crippen LogP contribution in [0.1, 0.15) is 41.0 Å². The Morgan fingerprint density at radius 1 is 1.29 bits per heavy atom. The van der Waals surface area contributed by atoms with Gasteiger partial charge >= 0.3 is 0 Å². The average Bonchev–Trinajstić information content (AvgIpc) is 2.29. The van der Waals surface area contributed by atoms with Gasteiger partial charge in [0, 0.05) is 19.5 Å². The Kier molecular flexibility index (Phi) is 4.17. The van der Waals surface area contributed by atoms with Crippen molar-refractivity contribution in [1.82, 2.24) is 10.2 Å². The van der Waals surface area contributed by atoms with E-state index in [-0.39, 0.29) is 11.8 Å². The molecule has 0 spiro atoms. The molecular weight excluding hydrogens is 216 g/mol. The van der Waals surface area contributed by atoms with Gasteiger partial charge in [-0.1, -0.05) is 20.8 Å². The van der Waals surface area contributed by atoms with Crippen molar-refractivity contribution in [3.63, 3.8) is 0 Å². The van der Waals surface area contributed by atoms with Gasteiger partial charge in [0.15, 0.2) is 0 Å². The minimum atomic E-state index is -0.774. The van der Waals surface area contributed by atoms with E-state index >= 15 is 0 Å². The predicted molar refractivity (Wildman–Crippen MR) is 67.4 cm³/mol. The quantitative estimate of drug-likeness (QED) is 0.810. The predicted octanol–water partition coefficient (Wildman–Crippen LogP) is 1.41. The van der Waals surface area contributed by atoms with E-state index in [2.05, 4.69) is 26.1 Å². The molecule has 0 aromatic carbocycles. The largest absolute Gasteiger partial charge is 0.342 e. The zero-order valence-corrected chi connectivity index (χ0v) is 11.5. The van der Waals surface area contributed by atoms with E-state index in [0.717, 1.165) is 6.54 Å². The average molecular weight is 240 g/mol. The number of hydrogen-bond acceptors (Lipinski definition) is 2. The van der Waals surface area contributed by atoms with Crippen molar-refractivity contribution in [2.75, 3.05) is 13.1 Å². The number of nitrogens with zero attached hydrogens (tertiary/aromatic N) is 1. The molecule has 0 aromatic heterocycles. The Balaban J connectivity index is 2.78. The fourth-order valence-electron chi connectivity index (χ4n) is 1.93. The number of amides is 2. The highest BCUT2D eigenvalue weighted by Gasteiger charge is 2.36. The molecule has 1 aliphatic heterocycles. The first kappa shape index (κ1) is 14.0. The lowest BCUT2D eigenvalue weighted by molar-refractivity contribution is -0.138. The zero-order chi connectivity index (χ0) is 13.2. The van der Waals surface area contributed by atoms with Gasteiger partial charge in [-0.2, -0.15) is 0 Å². The summed E-state index contributed by atoms with van der Waals surface area (Å²) in [6.45, 7) is 11.3. The summed E-state index contributed by atoms with van der Waals surface area (Å²) in [5, 5.41) is 2.77. The maximum absolute atomic E-state index is 12.3. The number of nitrogens with one attached hydrogen (secondary N) is 1. The molecule has 1 N–H and O–H groups in total. The maximum Gasteiger partial charge on any atom is 0.247 e. The highest BCUT2D eigenvalue weighted by Crippen LogP contribution is 2.17. The fourth-order valence-corrected chi connectivity index (χ4v) is 1.93. The monoisotopic (exact) mass is 240 g/mol. The molecule has 4 nitrogen and oxygen atoms in total. The molecule has 17 heavy (non-hydrogen) atoms. The summed E-state index contributed by atoms with van der Waals surface area (Å²) >= 11 is 0. The molecule has 1 rings (SSSR count). The van der Waals surface area contributed by atoms with Crippen molar-refractivity contribution >= 4 is 11.8 Å².